The van der Waals surface area contributed by atoms with E-state index in [4.69, 9.17) is 44.3 Å². The summed E-state index contributed by atoms with van der Waals surface area (Å²) in [5, 5.41) is 21.7. The summed E-state index contributed by atoms with van der Waals surface area (Å²) in [6, 6.07) is 14.9. The molecule has 0 aromatic heterocycles. The van der Waals surface area contributed by atoms with Crippen LogP contribution in [0.5, 0.6) is 0 Å². The van der Waals surface area contributed by atoms with Gasteiger partial charge in [-0.1, -0.05) is 71.2 Å². The predicted molar refractivity (Wildman–Crippen MR) is 135 cm³/mol. The summed E-state index contributed by atoms with van der Waals surface area (Å²) in [4.78, 5) is 14.4. The van der Waals surface area contributed by atoms with Crippen LogP contribution in [0, 0.1) is 0 Å². The standard InChI is InChI=1S/C25H29Cl3N2O5/c26-25(27,28)24(33)29-19-4-1-3-18(11-19)23-34-21(13-30-10-2-5-20(30)15-32)12-22(35-23)17-8-6-16(14-31)7-9-17/h1,3-4,6-9,11,20-23,31-32H,2,5,10,12-15H2,(H,29,33). The van der Waals surface area contributed by atoms with E-state index in [1.807, 2.05) is 30.3 Å². The number of carbonyl (C=O) groups excluding carboxylic acids is 1. The molecule has 0 aliphatic carbocycles. The second kappa shape index (κ2) is 11.8. The van der Waals surface area contributed by atoms with Gasteiger partial charge in [0.05, 0.1) is 25.4 Å². The number of nitrogens with one attached hydrogen (secondary N) is 1. The molecule has 2 aromatic rings. The molecule has 4 atom stereocenters. The molecule has 2 aliphatic rings. The molecule has 2 fully saturated rings. The Labute approximate surface area is 219 Å². The highest BCUT2D eigenvalue weighted by atomic mass is 35.6. The highest BCUT2D eigenvalue weighted by molar-refractivity contribution is 6.76. The second-order valence-electron chi connectivity index (χ2n) is 8.90. The molecule has 35 heavy (non-hydrogen) atoms. The Morgan fingerprint density at radius 3 is 2.54 bits per heavy atom. The van der Waals surface area contributed by atoms with Crippen molar-refractivity contribution in [2.75, 3.05) is 25.0 Å². The number of ether oxygens (including phenoxy) is 2. The van der Waals surface area contributed by atoms with Crippen molar-refractivity contribution in [2.24, 2.45) is 0 Å². The minimum atomic E-state index is -2.08. The van der Waals surface area contributed by atoms with Crippen LogP contribution in [0.25, 0.3) is 0 Å². The van der Waals surface area contributed by atoms with Gasteiger partial charge in [0.1, 0.15) is 0 Å². The number of aliphatic hydroxyl groups is 2. The number of likely N-dealkylation sites (tertiary alicyclic amines) is 1. The largest absolute Gasteiger partial charge is 0.395 e. The van der Waals surface area contributed by atoms with Gasteiger partial charge in [0.2, 0.25) is 0 Å². The topological polar surface area (TPSA) is 91.3 Å². The number of carbonyl (C=O) groups is 1. The fraction of sp³-hybridized carbons (Fsp3) is 0.480. The van der Waals surface area contributed by atoms with E-state index in [2.05, 4.69) is 10.2 Å². The van der Waals surface area contributed by atoms with Gasteiger partial charge in [0.25, 0.3) is 9.70 Å². The lowest BCUT2D eigenvalue weighted by atomic mass is 9.99. The smallest absolute Gasteiger partial charge is 0.276 e. The molecule has 2 heterocycles. The Morgan fingerprint density at radius 1 is 1.09 bits per heavy atom. The summed E-state index contributed by atoms with van der Waals surface area (Å²) in [5.74, 6) is -0.756. The van der Waals surface area contributed by atoms with Gasteiger partial charge >= 0.3 is 0 Å². The number of rotatable bonds is 7. The molecule has 0 spiro atoms. The average molecular weight is 544 g/mol. The summed E-state index contributed by atoms with van der Waals surface area (Å²) in [5.41, 5.74) is 2.99. The van der Waals surface area contributed by atoms with Gasteiger partial charge in [-0.2, -0.15) is 0 Å². The van der Waals surface area contributed by atoms with Gasteiger partial charge in [-0.15, -0.1) is 0 Å². The summed E-state index contributed by atoms with van der Waals surface area (Å²) in [7, 11) is 0. The third-order valence-corrected chi connectivity index (χ3v) is 6.95. The van der Waals surface area contributed by atoms with Crippen LogP contribution >= 0.6 is 34.8 Å². The fourth-order valence-electron chi connectivity index (χ4n) is 4.60. The van der Waals surface area contributed by atoms with Crippen LogP contribution in [0.15, 0.2) is 48.5 Å². The van der Waals surface area contributed by atoms with E-state index < -0.39 is 16.0 Å². The molecule has 4 rings (SSSR count). The zero-order valence-corrected chi connectivity index (χ0v) is 21.3. The van der Waals surface area contributed by atoms with Crippen LogP contribution in [0.2, 0.25) is 0 Å². The van der Waals surface area contributed by atoms with Crippen molar-refractivity contribution < 1.29 is 24.5 Å². The number of hydrogen-bond donors (Lipinski definition) is 3. The van der Waals surface area contributed by atoms with Crippen LogP contribution < -0.4 is 5.32 Å². The number of hydrogen-bond acceptors (Lipinski definition) is 6. The molecular weight excluding hydrogens is 515 g/mol. The first-order chi connectivity index (χ1) is 16.8. The summed E-state index contributed by atoms with van der Waals surface area (Å²) in [6.45, 7) is 1.71. The van der Waals surface area contributed by atoms with E-state index in [-0.39, 0.29) is 31.5 Å². The van der Waals surface area contributed by atoms with Crippen LogP contribution in [0.4, 0.5) is 5.69 Å². The number of anilines is 1. The lowest BCUT2D eigenvalue weighted by molar-refractivity contribution is -0.253. The summed E-state index contributed by atoms with van der Waals surface area (Å²) >= 11 is 17.1. The number of aliphatic hydroxyl groups excluding tert-OH is 2. The van der Waals surface area contributed by atoms with E-state index >= 15 is 0 Å². The van der Waals surface area contributed by atoms with E-state index in [0.717, 1.165) is 30.5 Å². The van der Waals surface area contributed by atoms with Crippen molar-refractivity contribution in [1.82, 2.24) is 4.90 Å². The molecule has 2 aliphatic heterocycles. The zero-order valence-electron chi connectivity index (χ0n) is 19.1. The van der Waals surface area contributed by atoms with Gasteiger partial charge in [-0.3, -0.25) is 9.69 Å². The zero-order chi connectivity index (χ0) is 25.0. The normalized spacial score (nSPS) is 25.5. The number of alkyl halides is 3. The molecule has 190 valence electrons. The molecular formula is C25H29Cl3N2O5. The average Bonchev–Trinajstić information content (AvgIpc) is 3.30. The summed E-state index contributed by atoms with van der Waals surface area (Å²) < 4.78 is 10.7. The fourth-order valence-corrected chi connectivity index (χ4v) is 4.74. The van der Waals surface area contributed by atoms with Crippen molar-refractivity contribution >= 4 is 46.4 Å². The first kappa shape index (κ1) is 26.6. The monoisotopic (exact) mass is 542 g/mol. The Balaban J connectivity index is 1.56. The summed E-state index contributed by atoms with van der Waals surface area (Å²) in [6.07, 6.45) is 1.61. The molecule has 0 radical (unpaired) electrons. The Bertz CT molecular complexity index is 1000. The number of benzene rings is 2. The highest BCUT2D eigenvalue weighted by Gasteiger charge is 2.36. The number of amides is 1. The molecule has 0 bridgehead atoms. The molecule has 3 N–H and O–H groups in total. The lowest BCUT2D eigenvalue weighted by Crippen LogP contribution is -2.42. The molecule has 10 heteroatoms. The predicted octanol–water partition coefficient (Wildman–Crippen LogP) is 4.49. The van der Waals surface area contributed by atoms with Crippen molar-refractivity contribution in [3.05, 3.63) is 65.2 Å². The second-order valence-corrected chi connectivity index (χ2v) is 11.2. The van der Waals surface area contributed by atoms with E-state index in [9.17, 15) is 15.0 Å². The Morgan fingerprint density at radius 2 is 1.86 bits per heavy atom. The van der Waals surface area contributed by atoms with Gasteiger partial charge in [-0.05, 0) is 42.6 Å². The van der Waals surface area contributed by atoms with E-state index in [0.29, 0.717) is 24.2 Å². The minimum Gasteiger partial charge on any atom is -0.395 e. The van der Waals surface area contributed by atoms with Crippen LogP contribution in [-0.2, 0) is 20.9 Å². The molecule has 2 saturated heterocycles. The van der Waals surface area contributed by atoms with Crippen molar-refractivity contribution in [3.63, 3.8) is 0 Å². The van der Waals surface area contributed by atoms with Crippen molar-refractivity contribution in [2.45, 2.75) is 54.2 Å². The lowest BCUT2D eigenvalue weighted by Gasteiger charge is -2.38. The van der Waals surface area contributed by atoms with E-state index in [1.54, 1.807) is 18.2 Å². The van der Waals surface area contributed by atoms with Crippen LogP contribution in [0.3, 0.4) is 0 Å². The maximum Gasteiger partial charge on any atom is 0.276 e. The first-order valence-corrected chi connectivity index (χ1v) is 12.7. The van der Waals surface area contributed by atoms with Crippen LogP contribution in [-0.4, -0.2) is 56.7 Å². The molecule has 4 unspecified atom stereocenters. The maximum absolute atomic E-state index is 12.1. The van der Waals surface area contributed by atoms with Gasteiger partial charge in [0.15, 0.2) is 6.29 Å². The SMILES string of the molecule is O=C(Nc1cccc(C2OC(CN3CCCC3CO)CC(c3ccc(CO)cc3)O2)c1)C(Cl)(Cl)Cl. The third kappa shape index (κ3) is 6.87. The molecule has 7 nitrogen and oxygen atoms in total. The van der Waals surface area contributed by atoms with E-state index in [1.165, 1.54) is 0 Å². The molecule has 1 amide bonds. The third-order valence-electron chi connectivity index (χ3n) is 6.44. The highest BCUT2D eigenvalue weighted by Crippen LogP contribution is 2.39. The number of nitrogens with zero attached hydrogens (tertiary/aromatic N) is 1. The van der Waals surface area contributed by atoms with Gasteiger partial charge < -0.3 is 25.0 Å². The van der Waals surface area contributed by atoms with Crippen LogP contribution in [0.1, 0.15) is 48.3 Å². The maximum atomic E-state index is 12.1. The van der Waals surface area contributed by atoms with Gasteiger partial charge in [-0.25, -0.2) is 0 Å². The Kier molecular flexibility index (Phi) is 8.94. The van der Waals surface area contributed by atoms with Gasteiger partial charge in [0, 0.05) is 30.3 Å². The molecule has 0 saturated carbocycles. The van der Waals surface area contributed by atoms with Crippen molar-refractivity contribution in [1.29, 1.82) is 0 Å². The quantitative estimate of drug-likeness (QED) is 0.446. The minimum absolute atomic E-state index is 0.0234. The first-order valence-electron chi connectivity index (χ1n) is 11.6. The van der Waals surface area contributed by atoms with Crippen molar-refractivity contribution in [3.8, 4) is 0 Å². The Hall–Kier alpha value is -1.42. The number of halogens is 3. The molecule has 2 aromatic carbocycles.